The number of nitrogens with two attached hydrogens (primary N) is 3. The standard InChI is InChI=1S/C41H53N9O7/c1-25-7-10-28(11-8-25)38(52)48-32(6-4-5-15-42)41(55)50(3)36-29-12-14-35(57-21-18-45)31(24-29)30-22-27(9-13-34(30)56-20-17-44)23-33(39(53)46-19-16-43)49-37(51)26(2)47-40(36)54/h7-14,22,24,26,32-33,36H,4-6,15,17-21,23,42,44-45H2,1-3H3,(H,46,53)(H,47,54)(H,48,52)(H,49,51)/t26-,32-,33-,36-/m0/s1. The lowest BCUT2D eigenvalue weighted by Crippen LogP contribution is -2.56. The Hall–Kier alpha value is -6.02. The van der Waals surface area contributed by atoms with E-state index in [1.54, 1.807) is 60.7 Å². The zero-order chi connectivity index (χ0) is 41.5. The van der Waals surface area contributed by atoms with Crippen LogP contribution in [-0.4, -0.2) is 99.0 Å². The fraction of sp³-hybridized carbons (Fsp3) is 0.415. The van der Waals surface area contributed by atoms with Crippen LogP contribution in [0.2, 0.25) is 0 Å². The molecule has 0 spiro atoms. The number of hydrogen-bond donors (Lipinski definition) is 7. The molecule has 304 valence electrons. The summed E-state index contributed by atoms with van der Waals surface area (Å²) >= 11 is 0. The van der Waals surface area contributed by atoms with Gasteiger partial charge in [0.25, 0.3) is 5.91 Å². The number of carbonyl (C=O) groups is 5. The zero-order valence-corrected chi connectivity index (χ0v) is 32.6. The highest BCUT2D eigenvalue weighted by Crippen LogP contribution is 2.40. The van der Waals surface area contributed by atoms with Crippen LogP contribution in [0, 0.1) is 18.3 Å². The zero-order valence-electron chi connectivity index (χ0n) is 32.6. The van der Waals surface area contributed by atoms with Crippen LogP contribution in [0.4, 0.5) is 0 Å². The Morgan fingerprint density at radius 1 is 0.895 bits per heavy atom. The van der Waals surface area contributed by atoms with Crippen molar-refractivity contribution < 1.29 is 33.4 Å². The molecule has 0 saturated carbocycles. The van der Waals surface area contributed by atoms with Crippen LogP contribution in [0.25, 0.3) is 11.1 Å². The molecule has 0 aromatic heterocycles. The van der Waals surface area contributed by atoms with E-state index in [1.165, 1.54) is 18.9 Å². The number of rotatable bonds is 16. The van der Waals surface area contributed by atoms with E-state index in [0.717, 1.165) is 5.56 Å². The molecule has 4 bridgehead atoms. The van der Waals surface area contributed by atoms with Gasteiger partial charge in [-0.25, -0.2) is 0 Å². The topological polar surface area (TPSA) is 257 Å². The van der Waals surface area contributed by atoms with Crippen LogP contribution < -0.4 is 47.9 Å². The van der Waals surface area contributed by atoms with E-state index in [1.807, 2.05) is 13.0 Å². The average Bonchev–Trinajstić information content (AvgIpc) is 3.20. The predicted molar refractivity (Wildman–Crippen MR) is 214 cm³/mol. The third-order valence-electron chi connectivity index (χ3n) is 9.42. The number of amides is 5. The van der Waals surface area contributed by atoms with Crippen molar-refractivity contribution in [3.8, 4) is 28.7 Å². The molecule has 1 aliphatic heterocycles. The fourth-order valence-corrected chi connectivity index (χ4v) is 6.40. The van der Waals surface area contributed by atoms with Crippen LogP contribution in [0.3, 0.4) is 0 Å². The van der Waals surface area contributed by atoms with Crippen LogP contribution in [0.15, 0.2) is 60.7 Å². The van der Waals surface area contributed by atoms with Gasteiger partial charge in [0, 0.05) is 43.2 Å². The summed E-state index contributed by atoms with van der Waals surface area (Å²) in [7, 11) is 1.46. The summed E-state index contributed by atoms with van der Waals surface area (Å²) in [5, 5.41) is 19.9. The molecular weight excluding hydrogens is 731 g/mol. The van der Waals surface area contributed by atoms with Gasteiger partial charge in [0.1, 0.15) is 55.4 Å². The molecule has 0 aliphatic carbocycles. The third-order valence-corrected chi connectivity index (χ3v) is 9.42. The van der Waals surface area contributed by atoms with E-state index in [4.69, 9.17) is 31.9 Å². The lowest BCUT2D eigenvalue weighted by Gasteiger charge is -2.32. The SMILES string of the molecule is Cc1ccc(C(=O)N[C@@H](CCCCN)C(=O)N(C)[C@@H]2C(=O)N[C@@H](C)C(=O)N[C@H](C(=O)NCC#N)Cc3ccc(OCCN)c(c3)-c3cc2ccc3OCCN)cc1. The van der Waals surface area contributed by atoms with Gasteiger partial charge in [-0.15, -0.1) is 0 Å². The van der Waals surface area contributed by atoms with Crippen LogP contribution in [0.5, 0.6) is 11.5 Å². The first kappa shape index (κ1) is 43.7. The summed E-state index contributed by atoms with van der Waals surface area (Å²) in [6, 6.07) is 14.4. The minimum absolute atomic E-state index is 0.0201. The van der Waals surface area contributed by atoms with E-state index >= 15 is 0 Å². The van der Waals surface area contributed by atoms with Crippen molar-refractivity contribution in [1.29, 1.82) is 5.26 Å². The molecule has 3 aromatic rings. The second-order valence-corrected chi connectivity index (χ2v) is 13.8. The molecule has 0 saturated heterocycles. The maximum Gasteiger partial charge on any atom is 0.251 e. The van der Waals surface area contributed by atoms with Crippen molar-refractivity contribution in [2.75, 3.05) is 46.4 Å². The lowest BCUT2D eigenvalue weighted by atomic mass is 9.93. The summed E-state index contributed by atoms with van der Waals surface area (Å²) < 4.78 is 12.1. The average molecular weight is 784 g/mol. The van der Waals surface area contributed by atoms with Gasteiger partial charge < -0.3 is 52.8 Å². The van der Waals surface area contributed by atoms with Gasteiger partial charge in [-0.2, -0.15) is 5.26 Å². The van der Waals surface area contributed by atoms with Crippen LogP contribution in [-0.2, 0) is 25.6 Å². The Labute approximate surface area is 332 Å². The van der Waals surface area contributed by atoms with E-state index in [0.29, 0.717) is 58.7 Å². The maximum absolute atomic E-state index is 14.5. The minimum Gasteiger partial charge on any atom is -0.492 e. The van der Waals surface area contributed by atoms with Gasteiger partial charge in [-0.1, -0.05) is 29.8 Å². The monoisotopic (exact) mass is 783 g/mol. The number of nitriles is 1. The van der Waals surface area contributed by atoms with Crippen molar-refractivity contribution in [3.63, 3.8) is 0 Å². The summed E-state index contributed by atoms with van der Waals surface area (Å²) in [6.45, 7) is 4.19. The molecule has 4 rings (SSSR count). The van der Waals surface area contributed by atoms with E-state index < -0.39 is 53.7 Å². The molecule has 57 heavy (non-hydrogen) atoms. The van der Waals surface area contributed by atoms with Crippen molar-refractivity contribution in [1.82, 2.24) is 26.2 Å². The Kier molecular flexibility index (Phi) is 16.4. The Bertz CT molecular complexity index is 1930. The van der Waals surface area contributed by atoms with Gasteiger partial charge in [-0.3, -0.25) is 24.0 Å². The summed E-state index contributed by atoms with van der Waals surface area (Å²) in [4.78, 5) is 70.6. The fourth-order valence-electron chi connectivity index (χ4n) is 6.40. The molecule has 16 heteroatoms. The molecule has 0 unspecified atom stereocenters. The number of unbranched alkanes of at least 4 members (excludes halogenated alkanes) is 1. The Balaban J connectivity index is 1.89. The number of aryl methyl sites for hydroxylation is 1. The largest absolute Gasteiger partial charge is 0.492 e. The second-order valence-electron chi connectivity index (χ2n) is 13.8. The molecule has 1 heterocycles. The van der Waals surface area contributed by atoms with E-state index in [2.05, 4.69) is 21.3 Å². The number of fused-ring (bicyclic) bond motifs is 5. The maximum atomic E-state index is 14.5. The van der Waals surface area contributed by atoms with Gasteiger partial charge in [-0.05, 0) is 87.2 Å². The van der Waals surface area contributed by atoms with Crippen LogP contribution >= 0.6 is 0 Å². The summed E-state index contributed by atoms with van der Waals surface area (Å²) in [5.74, 6) is -2.20. The summed E-state index contributed by atoms with van der Waals surface area (Å²) in [6.07, 6.45) is 1.38. The number of likely N-dealkylation sites (N-methyl/N-ethyl adjacent to an activating group) is 1. The number of benzene rings is 3. The smallest absolute Gasteiger partial charge is 0.251 e. The molecule has 0 radical (unpaired) electrons. The Morgan fingerprint density at radius 3 is 2.18 bits per heavy atom. The highest BCUT2D eigenvalue weighted by atomic mass is 16.5. The van der Waals surface area contributed by atoms with Crippen molar-refractivity contribution in [2.24, 2.45) is 17.2 Å². The van der Waals surface area contributed by atoms with E-state index in [9.17, 15) is 24.0 Å². The van der Waals surface area contributed by atoms with Crippen molar-refractivity contribution in [2.45, 2.75) is 63.7 Å². The van der Waals surface area contributed by atoms with Gasteiger partial charge in [0.15, 0.2) is 0 Å². The number of carbonyl (C=O) groups excluding carboxylic acids is 5. The van der Waals surface area contributed by atoms with Gasteiger partial charge >= 0.3 is 0 Å². The lowest BCUT2D eigenvalue weighted by molar-refractivity contribution is -0.141. The third kappa shape index (κ3) is 11.7. The predicted octanol–water partition coefficient (Wildman–Crippen LogP) is 0.950. The number of nitrogens with one attached hydrogen (secondary N) is 4. The van der Waals surface area contributed by atoms with Crippen LogP contribution in [0.1, 0.15) is 59.3 Å². The van der Waals surface area contributed by atoms with E-state index in [-0.39, 0.29) is 45.7 Å². The number of nitrogens with zero attached hydrogens (tertiary/aromatic N) is 2. The van der Waals surface area contributed by atoms with Gasteiger partial charge in [0.05, 0.1) is 6.07 Å². The molecule has 4 atom stereocenters. The molecule has 10 N–H and O–H groups in total. The Morgan fingerprint density at radius 2 is 1.54 bits per heavy atom. The van der Waals surface area contributed by atoms with Gasteiger partial charge in [0.2, 0.25) is 23.6 Å². The summed E-state index contributed by atoms with van der Waals surface area (Å²) in [5.41, 5.74) is 20.7. The number of hydrogen-bond acceptors (Lipinski definition) is 11. The highest BCUT2D eigenvalue weighted by Gasteiger charge is 2.36. The molecule has 3 aromatic carbocycles. The minimum atomic E-state index is -1.34. The quantitative estimate of drug-likeness (QED) is 0.0795. The molecular formula is C41H53N9O7. The van der Waals surface area contributed by atoms with Crippen molar-refractivity contribution >= 4 is 29.5 Å². The van der Waals surface area contributed by atoms with Crippen molar-refractivity contribution in [3.05, 3.63) is 82.9 Å². The second kappa shape index (κ2) is 21.3. The molecule has 1 aliphatic rings. The first-order valence-corrected chi connectivity index (χ1v) is 18.9. The normalized spacial score (nSPS) is 17.1. The molecule has 0 fully saturated rings. The molecule has 16 nitrogen and oxygen atoms in total. The molecule has 5 amide bonds. The first-order chi connectivity index (χ1) is 27.4. The number of ether oxygens (including phenoxy) is 2. The highest BCUT2D eigenvalue weighted by molar-refractivity contribution is 5.99. The first-order valence-electron chi connectivity index (χ1n) is 18.9.